The highest BCUT2D eigenvalue weighted by atomic mass is 16.6. The molecule has 1 unspecified atom stereocenters. The Bertz CT molecular complexity index is 344. The maximum atomic E-state index is 10.6. The average Bonchev–Trinajstić information content (AvgIpc) is 2.08. The van der Waals surface area contributed by atoms with Crippen LogP contribution in [-0.2, 0) is 4.79 Å². The molecule has 1 aromatic rings. The Morgan fingerprint density at radius 1 is 1.43 bits per heavy atom. The molecule has 0 spiro atoms. The van der Waals surface area contributed by atoms with E-state index in [2.05, 4.69) is 0 Å². The lowest BCUT2D eigenvalue weighted by Crippen LogP contribution is -2.41. The first-order valence-corrected chi connectivity index (χ1v) is 4.14. The van der Waals surface area contributed by atoms with E-state index in [9.17, 15) is 9.90 Å². The van der Waals surface area contributed by atoms with Crippen molar-refractivity contribution in [3.05, 3.63) is 29.8 Å². The van der Waals surface area contributed by atoms with Gasteiger partial charge in [0.1, 0.15) is 5.75 Å². The maximum absolute atomic E-state index is 10.6. The fourth-order valence-corrected chi connectivity index (χ4v) is 0.929. The van der Waals surface area contributed by atoms with E-state index in [1.807, 2.05) is 0 Å². The molecule has 4 nitrogen and oxygen atoms in total. The predicted octanol–water partition coefficient (Wildman–Crippen LogP) is 1.17. The number of carboxylic acids is 1. The van der Waals surface area contributed by atoms with Gasteiger partial charge in [-0.05, 0) is 18.6 Å². The van der Waals surface area contributed by atoms with E-state index in [-0.39, 0.29) is 0 Å². The lowest BCUT2D eigenvalue weighted by Gasteiger charge is -2.20. The van der Waals surface area contributed by atoms with Gasteiger partial charge in [-0.3, -0.25) is 0 Å². The van der Waals surface area contributed by atoms with Gasteiger partial charge in [-0.2, -0.15) is 0 Å². The van der Waals surface area contributed by atoms with Crippen LogP contribution in [0, 0.1) is 6.92 Å². The summed E-state index contributed by atoms with van der Waals surface area (Å²) in [5, 5.41) is 18.0. The highest BCUT2D eigenvalue weighted by molar-refractivity contribution is 5.75. The zero-order chi connectivity index (χ0) is 10.8. The third-order valence-corrected chi connectivity index (χ3v) is 1.80. The molecule has 1 rings (SSSR count). The van der Waals surface area contributed by atoms with Crippen molar-refractivity contribution in [2.45, 2.75) is 19.6 Å². The van der Waals surface area contributed by atoms with Crippen LogP contribution >= 0.6 is 0 Å². The zero-order valence-electron chi connectivity index (χ0n) is 8.02. The van der Waals surface area contributed by atoms with Crippen LogP contribution in [0.2, 0.25) is 0 Å². The Balaban J connectivity index is 2.89. The Hall–Kier alpha value is -1.55. The molecular formula is C10H12O4. The molecule has 0 heterocycles. The molecule has 0 bridgehead atoms. The minimum absolute atomic E-state index is 0.361. The molecule has 2 N–H and O–H groups in total. The van der Waals surface area contributed by atoms with Gasteiger partial charge in [-0.15, -0.1) is 0 Å². The fourth-order valence-electron chi connectivity index (χ4n) is 0.929. The quantitative estimate of drug-likeness (QED) is 0.712. The van der Waals surface area contributed by atoms with E-state index < -0.39 is 11.8 Å². The van der Waals surface area contributed by atoms with Crippen molar-refractivity contribution in [2.75, 3.05) is 0 Å². The summed E-state index contributed by atoms with van der Waals surface area (Å²) in [6.07, 6.45) is 0. The monoisotopic (exact) mass is 196 g/mol. The lowest BCUT2D eigenvalue weighted by molar-refractivity contribution is -0.188. The predicted molar refractivity (Wildman–Crippen MR) is 50.1 cm³/mol. The molecule has 0 aliphatic carbocycles. The van der Waals surface area contributed by atoms with E-state index in [0.29, 0.717) is 5.75 Å². The summed E-state index contributed by atoms with van der Waals surface area (Å²) in [5.74, 6) is -3.24. The van der Waals surface area contributed by atoms with Crippen LogP contribution in [0.25, 0.3) is 0 Å². The van der Waals surface area contributed by atoms with Gasteiger partial charge >= 0.3 is 11.8 Å². The van der Waals surface area contributed by atoms with E-state index in [1.165, 1.54) is 0 Å². The number of benzene rings is 1. The number of carbonyl (C=O) groups is 1. The Labute approximate surface area is 81.8 Å². The van der Waals surface area contributed by atoms with Crippen molar-refractivity contribution in [3.8, 4) is 5.75 Å². The van der Waals surface area contributed by atoms with Gasteiger partial charge in [0.25, 0.3) is 0 Å². The van der Waals surface area contributed by atoms with Gasteiger partial charge in [-0.25, -0.2) is 4.79 Å². The second kappa shape index (κ2) is 3.67. The molecule has 0 saturated carbocycles. The first-order valence-electron chi connectivity index (χ1n) is 4.14. The number of hydrogen-bond acceptors (Lipinski definition) is 3. The molecular weight excluding hydrogens is 184 g/mol. The lowest BCUT2D eigenvalue weighted by atomic mass is 10.2. The summed E-state index contributed by atoms with van der Waals surface area (Å²) in [6.45, 7) is 2.86. The maximum Gasteiger partial charge on any atom is 0.376 e. The summed E-state index contributed by atoms with van der Waals surface area (Å²) < 4.78 is 4.95. The van der Waals surface area contributed by atoms with Gasteiger partial charge < -0.3 is 14.9 Å². The number of hydrogen-bond donors (Lipinski definition) is 2. The first kappa shape index (κ1) is 10.5. The van der Waals surface area contributed by atoms with Crippen molar-refractivity contribution >= 4 is 5.97 Å². The van der Waals surface area contributed by atoms with Crippen LogP contribution in [0.3, 0.4) is 0 Å². The van der Waals surface area contributed by atoms with E-state index in [4.69, 9.17) is 9.84 Å². The highest BCUT2D eigenvalue weighted by Gasteiger charge is 2.32. The standard InChI is InChI=1S/C10H12O4/c1-7-5-3-4-6-8(7)14-10(2,13)9(11)12/h3-6,13H,1-2H3,(H,11,12). The van der Waals surface area contributed by atoms with Gasteiger partial charge in [-0.1, -0.05) is 18.2 Å². The Morgan fingerprint density at radius 3 is 2.50 bits per heavy atom. The van der Waals surface area contributed by atoms with Gasteiger partial charge in [0.2, 0.25) is 0 Å². The molecule has 0 radical (unpaired) electrons. The summed E-state index contributed by atoms with van der Waals surface area (Å²) >= 11 is 0. The molecule has 0 aliphatic rings. The molecule has 4 heteroatoms. The van der Waals surface area contributed by atoms with Gasteiger partial charge in [0.15, 0.2) is 0 Å². The second-order valence-corrected chi connectivity index (χ2v) is 3.16. The largest absolute Gasteiger partial charge is 0.476 e. The summed E-state index contributed by atoms with van der Waals surface area (Å²) in [5.41, 5.74) is 0.772. The second-order valence-electron chi connectivity index (χ2n) is 3.16. The van der Waals surface area contributed by atoms with E-state index in [1.54, 1.807) is 31.2 Å². The van der Waals surface area contributed by atoms with Crippen molar-refractivity contribution in [1.29, 1.82) is 0 Å². The van der Waals surface area contributed by atoms with Crippen LogP contribution < -0.4 is 4.74 Å². The van der Waals surface area contributed by atoms with Crippen molar-refractivity contribution in [2.24, 2.45) is 0 Å². The third kappa shape index (κ3) is 2.23. The van der Waals surface area contributed by atoms with Crippen molar-refractivity contribution in [3.63, 3.8) is 0 Å². The van der Waals surface area contributed by atoms with Crippen LogP contribution in [-0.4, -0.2) is 22.0 Å². The number of aryl methyl sites for hydroxylation is 1. The van der Waals surface area contributed by atoms with Crippen LogP contribution in [0.15, 0.2) is 24.3 Å². The highest BCUT2D eigenvalue weighted by Crippen LogP contribution is 2.21. The van der Waals surface area contributed by atoms with Crippen LogP contribution in [0.1, 0.15) is 12.5 Å². The van der Waals surface area contributed by atoms with E-state index >= 15 is 0 Å². The van der Waals surface area contributed by atoms with Crippen molar-refractivity contribution < 1.29 is 19.7 Å². The Morgan fingerprint density at radius 2 is 2.00 bits per heavy atom. The fraction of sp³-hybridized carbons (Fsp3) is 0.300. The third-order valence-electron chi connectivity index (χ3n) is 1.80. The molecule has 0 fully saturated rings. The molecule has 0 aromatic heterocycles. The first-order chi connectivity index (χ1) is 6.43. The average molecular weight is 196 g/mol. The number of carboxylic acid groups (broad SMARTS) is 1. The van der Waals surface area contributed by atoms with Crippen LogP contribution in [0.4, 0.5) is 0 Å². The smallest absolute Gasteiger partial charge is 0.376 e. The minimum Gasteiger partial charge on any atom is -0.476 e. The van der Waals surface area contributed by atoms with Crippen LogP contribution in [0.5, 0.6) is 5.75 Å². The SMILES string of the molecule is Cc1ccccc1OC(C)(O)C(=O)O. The number of para-hydroxylation sites is 1. The number of aliphatic hydroxyl groups is 1. The molecule has 0 saturated heterocycles. The van der Waals surface area contributed by atoms with Gasteiger partial charge in [0, 0.05) is 6.92 Å². The molecule has 76 valence electrons. The summed E-state index contributed by atoms with van der Waals surface area (Å²) in [7, 11) is 0. The molecule has 14 heavy (non-hydrogen) atoms. The number of ether oxygens (including phenoxy) is 1. The Kier molecular flexibility index (Phi) is 2.76. The molecule has 0 aliphatic heterocycles. The topological polar surface area (TPSA) is 66.8 Å². The molecule has 1 atom stereocenters. The summed E-state index contributed by atoms with van der Waals surface area (Å²) in [6, 6.07) is 6.89. The summed E-state index contributed by atoms with van der Waals surface area (Å²) in [4.78, 5) is 10.6. The van der Waals surface area contributed by atoms with E-state index in [0.717, 1.165) is 12.5 Å². The minimum atomic E-state index is -2.19. The zero-order valence-corrected chi connectivity index (χ0v) is 8.02. The molecule has 1 aromatic carbocycles. The van der Waals surface area contributed by atoms with Gasteiger partial charge in [0.05, 0.1) is 0 Å². The number of rotatable bonds is 3. The normalized spacial score (nSPS) is 14.5. The molecule has 0 amide bonds. The van der Waals surface area contributed by atoms with Crippen molar-refractivity contribution in [1.82, 2.24) is 0 Å². The number of aliphatic carboxylic acids is 1.